The van der Waals surface area contributed by atoms with Gasteiger partial charge in [-0.2, -0.15) is 5.26 Å². The van der Waals surface area contributed by atoms with E-state index in [-0.39, 0.29) is 12.3 Å². The van der Waals surface area contributed by atoms with Crippen LogP contribution in [0.1, 0.15) is 35.6 Å². The molecule has 1 saturated heterocycles. The number of carbonyl (C=O) groups is 2. The number of amides is 1. The molecule has 1 aliphatic heterocycles. The molecule has 2 unspecified atom stereocenters. The number of piperidine rings is 1. The van der Waals surface area contributed by atoms with E-state index in [9.17, 15) is 14.7 Å². The van der Waals surface area contributed by atoms with Gasteiger partial charge in [0.1, 0.15) is 0 Å². The van der Waals surface area contributed by atoms with Crippen LogP contribution in [-0.2, 0) is 16.0 Å². The SMILES string of the molecule is N#Cc1cccc(C2C(C(=O)O)CCC(=O)N2CCc2ccccc2)c1. The van der Waals surface area contributed by atoms with Gasteiger partial charge in [0.2, 0.25) is 5.91 Å². The molecule has 1 N–H and O–H groups in total. The van der Waals surface area contributed by atoms with E-state index in [0.29, 0.717) is 30.5 Å². The number of likely N-dealkylation sites (tertiary alicyclic amines) is 1. The number of hydrogen-bond donors (Lipinski definition) is 1. The van der Waals surface area contributed by atoms with Gasteiger partial charge < -0.3 is 10.0 Å². The molecule has 2 aromatic carbocycles. The molecule has 5 nitrogen and oxygen atoms in total. The van der Waals surface area contributed by atoms with Crippen molar-refractivity contribution in [3.63, 3.8) is 0 Å². The summed E-state index contributed by atoms with van der Waals surface area (Å²) in [5, 5.41) is 18.8. The maximum Gasteiger partial charge on any atom is 0.308 e. The second-order valence-electron chi connectivity index (χ2n) is 6.49. The van der Waals surface area contributed by atoms with E-state index in [0.717, 1.165) is 5.56 Å². The van der Waals surface area contributed by atoms with Gasteiger partial charge in [0, 0.05) is 13.0 Å². The van der Waals surface area contributed by atoms with E-state index < -0.39 is 17.9 Å². The first kappa shape index (κ1) is 17.7. The van der Waals surface area contributed by atoms with Crippen molar-refractivity contribution in [3.8, 4) is 6.07 Å². The Hall–Kier alpha value is -3.13. The molecule has 132 valence electrons. The summed E-state index contributed by atoms with van der Waals surface area (Å²) in [6.07, 6.45) is 1.21. The summed E-state index contributed by atoms with van der Waals surface area (Å²) in [5.41, 5.74) is 2.27. The highest BCUT2D eigenvalue weighted by molar-refractivity contribution is 5.81. The molecule has 0 saturated carbocycles. The van der Waals surface area contributed by atoms with Crippen molar-refractivity contribution in [2.75, 3.05) is 6.54 Å². The lowest BCUT2D eigenvalue weighted by Gasteiger charge is -2.40. The predicted molar refractivity (Wildman–Crippen MR) is 96.1 cm³/mol. The van der Waals surface area contributed by atoms with Crippen LogP contribution in [0.5, 0.6) is 0 Å². The fraction of sp³-hybridized carbons (Fsp3) is 0.286. The van der Waals surface area contributed by atoms with E-state index in [1.807, 2.05) is 30.3 Å². The Morgan fingerprint density at radius 3 is 2.65 bits per heavy atom. The molecule has 0 bridgehead atoms. The fourth-order valence-electron chi connectivity index (χ4n) is 3.57. The molecule has 2 atom stereocenters. The predicted octanol–water partition coefficient (Wildman–Crippen LogP) is 3.17. The van der Waals surface area contributed by atoms with E-state index in [4.69, 9.17) is 5.26 Å². The average Bonchev–Trinajstić information content (AvgIpc) is 2.67. The minimum Gasteiger partial charge on any atom is -0.481 e. The van der Waals surface area contributed by atoms with Crippen molar-refractivity contribution in [2.24, 2.45) is 5.92 Å². The molecule has 1 heterocycles. The molecule has 3 rings (SSSR count). The quantitative estimate of drug-likeness (QED) is 0.900. The van der Waals surface area contributed by atoms with Crippen molar-refractivity contribution >= 4 is 11.9 Å². The average molecular weight is 348 g/mol. The zero-order valence-corrected chi connectivity index (χ0v) is 14.3. The summed E-state index contributed by atoms with van der Waals surface area (Å²) in [5.74, 6) is -1.61. The summed E-state index contributed by atoms with van der Waals surface area (Å²) in [7, 11) is 0. The Kier molecular flexibility index (Phi) is 5.33. The molecular weight excluding hydrogens is 328 g/mol. The molecule has 5 heteroatoms. The molecule has 1 fully saturated rings. The van der Waals surface area contributed by atoms with Crippen molar-refractivity contribution in [3.05, 3.63) is 71.3 Å². The molecule has 0 aromatic heterocycles. The third-order valence-corrected chi connectivity index (χ3v) is 4.87. The molecule has 0 spiro atoms. The lowest BCUT2D eigenvalue weighted by molar-refractivity contribution is -0.152. The molecule has 2 aromatic rings. The van der Waals surface area contributed by atoms with Gasteiger partial charge in [0.25, 0.3) is 0 Å². The standard InChI is InChI=1S/C21H20N2O3/c22-14-16-7-4-8-17(13-16)20-18(21(25)26)9-10-19(24)23(20)12-11-15-5-2-1-3-6-15/h1-8,13,18,20H,9-12H2,(H,25,26). The van der Waals surface area contributed by atoms with E-state index >= 15 is 0 Å². The smallest absolute Gasteiger partial charge is 0.308 e. The number of aliphatic carboxylic acids is 1. The number of benzene rings is 2. The van der Waals surface area contributed by atoms with Crippen LogP contribution in [0, 0.1) is 17.2 Å². The summed E-state index contributed by atoms with van der Waals surface area (Å²) < 4.78 is 0. The Morgan fingerprint density at radius 2 is 1.96 bits per heavy atom. The van der Waals surface area contributed by atoms with Crippen LogP contribution < -0.4 is 0 Å². The molecule has 1 amide bonds. The molecule has 1 aliphatic rings. The number of carbonyl (C=O) groups excluding carboxylic acids is 1. The number of carboxylic acids is 1. The van der Waals surface area contributed by atoms with Gasteiger partial charge in [0.15, 0.2) is 0 Å². The Bertz CT molecular complexity index is 842. The zero-order chi connectivity index (χ0) is 18.5. The zero-order valence-electron chi connectivity index (χ0n) is 14.3. The van der Waals surface area contributed by atoms with Crippen LogP contribution in [0.15, 0.2) is 54.6 Å². The van der Waals surface area contributed by atoms with Gasteiger partial charge in [-0.1, -0.05) is 42.5 Å². The van der Waals surface area contributed by atoms with Crippen molar-refractivity contribution in [1.82, 2.24) is 4.90 Å². The van der Waals surface area contributed by atoms with Gasteiger partial charge in [-0.25, -0.2) is 0 Å². The topological polar surface area (TPSA) is 81.4 Å². The summed E-state index contributed by atoms with van der Waals surface area (Å²) in [6.45, 7) is 0.452. The highest BCUT2D eigenvalue weighted by Crippen LogP contribution is 2.37. The van der Waals surface area contributed by atoms with Crippen LogP contribution in [0.2, 0.25) is 0 Å². The van der Waals surface area contributed by atoms with Crippen LogP contribution in [0.3, 0.4) is 0 Å². The second-order valence-corrected chi connectivity index (χ2v) is 6.49. The lowest BCUT2D eigenvalue weighted by atomic mass is 9.83. The van der Waals surface area contributed by atoms with Crippen LogP contribution >= 0.6 is 0 Å². The van der Waals surface area contributed by atoms with Gasteiger partial charge >= 0.3 is 5.97 Å². The third kappa shape index (κ3) is 3.75. The first-order valence-electron chi connectivity index (χ1n) is 8.66. The van der Waals surface area contributed by atoms with E-state index in [1.54, 1.807) is 29.2 Å². The van der Waals surface area contributed by atoms with Crippen molar-refractivity contribution in [2.45, 2.75) is 25.3 Å². The highest BCUT2D eigenvalue weighted by Gasteiger charge is 2.40. The van der Waals surface area contributed by atoms with Crippen LogP contribution in [0.25, 0.3) is 0 Å². The molecule has 26 heavy (non-hydrogen) atoms. The Morgan fingerprint density at radius 1 is 1.19 bits per heavy atom. The maximum atomic E-state index is 12.6. The summed E-state index contributed by atoms with van der Waals surface area (Å²) in [4.78, 5) is 26.1. The first-order valence-corrected chi connectivity index (χ1v) is 8.66. The van der Waals surface area contributed by atoms with Crippen LogP contribution in [-0.4, -0.2) is 28.4 Å². The summed E-state index contributed by atoms with van der Waals surface area (Å²) in [6, 6.07) is 18.3. The van der Waals surface area contributed by atoms with E-state index in [1.165, 1.54) is 0 Å². The first-order chi connectivity index (χ1) is 12.6. The highest BCUT2D eigenvalue weighted by atomic mass is 16.4. The molecular formula is C21H20N2O3. The second kappa shape index (κ2) is 7.83. The van der Waals surface area contributed by atoms with Gasteiger partial charge in [-0.3, -0.25) is 9.59 Å². The normalized spacial score (nSPS) is 19.8. The minimum atomic E-state index is -0.908. The Labute approximate surface area is 152 Å². The third-order valence-electron chi connectivity index (χ3n) is 4.87. The van der Waals surface area contributed by atoms with Gasteiger partial charge in [0.05, 0.1) is 23.6 Å². The molecule has 0 aliphatic carbocycles. The van der Waals surface area contributed by atoms with Gasteiger partial charge in [-0.15, -0.1) is 0 Å². The largest absolute Gasteiger partial charge is 0.481 e. The maximum absolute atomic E-state index is 12.6. The van der Waals surface area contributed by atoms with Crippen LogP contribution in [0.4, 0.5) is 0 Å². The fourth-order valence-corrected chi connectivity index (χ4v) is 3.57. The number of nitriles is 1. The van der Waals surface area contributed by atoms with E-state index in [2.05, 4.69) is 6.07 Å². The minimum absolute atomic E-state index is 0.0363. The Balaban J connectivity index is 1.92. The van der Waals surface area contributed by atoms with Crippen molar-refractivity contribution in [1.29, 1.82) is 5.26 Å². The number of hydrogen-bond acceptors (Lipinski definition) is 3. The summed E-state index contributed by atoms with van der Waals surface area (Å²) >= 11 is 0. The monoisotopic (exact) mass is 348 g/mol. The number of nitrogens with zero attached hydrogens (tertiary/aromatic N) is 2. The number of carboxylic acid groups (broad SMARTS) is 1. The lowest BCUT2D eigenvalue weighted by Crippen LogP contribution is -2.46. The van der Waals surface area contributed by atoms with Crippen molar-refractivity contribution < 1.29 is 14.7 Å². The van der Waals surface area contributed by atoms with Gasteiger partial charge in [-0.05, 0) is 36.1 Å². The molecule has 0 radical (unpaired) electrons. The number of rotatable bonds is 5.